The van der Waals surface area contributed by atoms with Crippen molar-refractivity contribution in [3.63, 3.8) is 0 Å². The summed E-state index contributed by atoms with van der Waals surface area (Å²) in [7, 11) is 1.51. The van der Waals surface area contributed by atoms with Crippen LogP contribution in [0, 0.1) is 12.7 Å². The first kappa shape index (κ1) is 18.4. The molecule has 0 aliphatic carbocycles. The molecule has 3 aromatic rings. The molecule has 1 aromatic heterocycles. The van der Waals surface area contributed by atoms with E-state index in [9.17, 15) is 14.0 Å². The van der Waals surface area contributed by atoms with Gasteiger partial charge in [0.2, 0.25) is 0 Å². The van der Waals surface area contributed by atoms with Gasteiger partial charge >= 0.3 is 0 Å². The van der Waals surface area contributed by atoms with E-state index < -0.39 is 11.5 Å². The van der Waals surface area contributed by atoms with Crippen LogP contribution in [-0.2, 0) is 6.54 Å². The molecule has 0 fully saturated rings. The Morgan fingerprint density at radius 1 is 1.15 bits per heavy atom. The fourth-order valence-electron chi connectivity index (χ4n) is 2.73. The number of hydrogen-bond donors (Lipinski definition) is 1. The van der Waals surface area contributed by atoms with Crippen molar-refractivity contribution < 1.29 is 13.9 Å². The molecule has 0 bridgehead atoms. The highest BCUT2D eigenvalue weighted by Crippen LogP contribution is 2.25. The highest BCUT2D eigenvalue weighted by molar-refractivity contribution is 6.04. The Balaban J connectivity index is 1.87. The van der Waals surface area contributed by atoms with Crippen LogP contribution in [0.25, 0.3) is 0 Å². The van der Waals surface area contributed by atoms with Gasteiger partial charge in [0.1, 0.15) is 17.1 Å². The number of halogens is 1. The predicted molar refractivity (Wildman–Crippen MR) is 102 cm³/mol. The minimum absolute atomic E-state index is 0.0168. The monoisotopic (exact) mass is 366 g/mol. The molecular formula is C21H19FN2O3. The van der Waals surface area contributed by atoms with Gasteiger partial charge in [-0.2, -0.15) is 0 Å². The van der Waals surface area contributed by atoms with Crippen LogP contribution in [-0.4, -0.2) is 17.6 Å². The number of amides is 1. The lowest BCUT2D eigenvalue weighted by Crippen LogP contribution is -2.29. The predicted octanol–water partition coefficient (Wildman–Crippen LogP) is 3.61. The summed E-state index contributed by atoms with van der Waals surface area (Å²) >= 11 is 0. The summed E-state index contributed by atoms with van der Waals surface area (Å²) in [5, 5.41) is 2.73. The third kappa shape index (κ3) is 4.23. The lowest BCUT2D eigenvalue weighted by Gasteiger charge is -2.12. The summed E-state index contributed by atoms with van der Waals surface area (Å²) in [6, 6.07) is 14.4. The van der Waals surface area contributed by atoms with E-state index in [-0.39, 0.29) is 17.9 Å². The van der Waals surface area contributed by atoms with Crippen LogP contribution in [0.2, 0.25) is 0 Å². The van der Waals surface area contributed by atoms with E-state index in [4.69, 9.17) is 4.74 Å². The van der Waals surface area contributed by atoms with Crippen molar-refractivity contribution in [1.82, 2.24) is 4.57 Å². The fourth-order valence-corrected chi connectivity index (χ4v) is 2.73. The standard InChI is InChI=1S/C21H19FN2O3/c1-14-5-10-19(27-2)18(12-14)23-20(25)17-4-3-11-24(21(17)26)13-15-6-8-16(22)9-7-15/h3-12H,13H2,1-2H3,(H,23,25). The first-order valence-electron chi connectivity index (χ1n) is 8.38. The van der Waals surface area contributed by atoms with E-state index in [2.05, 4.69) is 5.32 Å². The number of rotatable bonds is 5. The molecule has 0 unspecified atom stereocenters. The number of nitrogens with one attached hydrogen (secondary N) is 1. The molecule has 138 valence electrons. The second-order valence-corrected chi connectivity index (χ2v) is 6.14. The van der Waals surface area contributed by atoms with Gasteiger partial charge in [-0.15, -0.1) is 0 Å². The minimum Gasteiger partial charge on any atom is -0.495 e. The van der Waals surface area contributed by atoms with Gasteiger partial charge in [-0.05, 0) is 54.4 Å². The number of anilines is 1. The fraction of sp³-hybridized carbons (Fsp3) is 0.143. The lowest BCUT2D eigenvalue weighted by molar-refractivity contribution is 0.102. The van der Waals surface area contributed by atoms with Gasteiger partial charge in [0.05, 0.1) is 19.3 Å². The summed E-state index contributed by atoms with van der Waals surface area (Å²) in [6.07, 6.45) is 1.59. The SMILES string of the molecule is COc1ccc(C)cc1NC(=O)c1cccn(Cc2ccc(F)cc2)c1=O. The largest absolute Gasteiger partial charge is 0.495 e. The molecule has 0 aliphatic heterocycles. The topological polar surface area (TPSA) is 60.3 Å². The molecule has 1 amide bonds. The summed E-state index contributed by atoms with van der Waals surface area (Å²) in [6.45, 7) is 2.14. The molecule has 1 heterocycles. The molecule has 5 nitrogen and oxygen atoms in total. The van der Waals surface area contributed by atoms with Gasteiger partial charge in [0, 0.05) is 6.20 Å². The van der Waals surface area contributed by atoms with Gasteiger partial charge in [-0.1, -0.05) is 18.2 Å². The van der Waals surface area contributed by atoms with Crippen molar-refractivity contribution in [2.75, 3.05) is 12.4 Å². The van der Waals surface area contributed by atoms with E-state index in [1.807, 2.05) is 13.0 Å². The summed E-state index contributed by atoms with van der Waals surface area (Å²) in [5.74, 6) is -0.347. The quantitative estimate of drug-likeness (QED) is 0.750. The molecule has 0 radical (unpaired) electrons. The number of aryl methyl sites for hydroxylation is 1. The molecular weight excluding hydrogens is 347 g/mol. The molecule has 27 heavy (non-hydrogen) atoms. The third-order valence-electron chi connectivity index (χ3n) is 4.13. The van der Waals surface area contributed by atoms with Gasteiger partial charge in [-0.25, -0.2) is 4.39 Å². The molecule has 0 aliphatic rings. The summed E-state index contributed by atoms with van der Waals surface area (Å²) in [5.41, 5.74) is 1.80. The maximum absolute atomic E-state index is 13.0. The zero-order valence-electron chi connectivity index (χ0n) is 15.0. The van der Waals surface area contributed by atoms with E-state index in [1.54, 1.807) is 36.5 Å². The molecule has 3 rings (SSSR count). The highest BCUT2D eigenvalue weighted by Gasteiger charge is 2.15. The van der Waals surface area contributed by atoms with Crippen molar-refractivity contribution in [1.29, 1.82) is 0 Å². The first-order valence-corrected chi connectivity index (χ1v) is 8.38. The van der Waals surface area contributed by atoms with Crippen LogP contribution in [0.15, 0.2) is 65.6 Å². The van der Waals surface area contributed by atoms with E-state index in [0.29, 0.717) is 11.4 Å². The van der Waals surface area contributed by atoms with Crippen molar-refractivity contribution in [2.24, 2.45) is 0 Å². The number of hydrogen-bond acceptors (Lipinski definition) is 3. The molecule has 0 atom stereocenters. The molecule has 0 saturated heterocycles. The third-order valence-corrected chi connectivity index (χ3v) is 4.13. The van der Waals surface area contributed by atoms with Crippen molar-refractivity contribution in [3.05, 3.63) is 93.7 Å². The number of nitrogens with zero attached hydrogens (tertiary/aromatic N) is 1. The zero-order valence-corrected chi connectivity index (χ0v) is 15.0. The van der Waals surface area contributed by atoms with E-state index in [0.717, 1.165) is 11.1 Å². The number of carbonyl (C=O) groups is 1. The Kier molecular flexibility index (Phi) is 5.35. The van der Waals surface area contributed by atoms with Gasteiger partial charge in [-0.3, -0.25) is 9.59 Å². The number of benzene rings is 2. The Morgan fingerprint density at radius 2 is 1.89 bits per heavy atom. The lowest BCUT2D eigenvalue weighted by atomic mass is 10.2. The van der Waals surface area contributed by atoms with Gasteiger partial charge < -0.3 is 14.6 Å². The normalized spacial score (nSPS) is 10.5. The molecule has 6 heteroatoms. The number of methoxy groups -OCH3 is 1. The molecule has 2 aromatic carbocycles. The van der Waals surface area contributed by atoms with Crippen molar-refractivity contribution in [3.8, 4) is 5.75 Å². The summed E-state index contributed by atoms with van der Waals surface area (Å²) in [4.78, 5) is 25.3. The van der Waals surface area contributed by atoms with Gasteiger partial charge in [0.15, 0.2) is 0 Å². The van der Waals surface area contributed by atoms with Crippen LogP contribution in [0.1, 0.15) is 21.5 Å². The van der Waals surface area contributed by atoms with E-state index in [1.165, 1.54) is 29.9 Å². The Bertz CT molecular complexity index is 1030. The van der Waals surface area contributed by atoms with Crippen LogP contribution in [0.5, 0.6) is 5.75 Å². The number of aromatic nitrogens is 1. The maximum Gasteiger partial charge on any atom is 0.263 e. The zero-order chi connectivity index (χ0) is 19.4. The Hall–Kier alpha value is -3.41. The number of ether oxygens (including phenoxy) is 1. The molecule has 0 saturated carbocycles. The smallest absolute Gasteiger partial charge is 0.263 e. The van der Waals surface area contributed by atoms with Gasteiger partial charge in [0.25, 0.3) is 11.5 Å². The highest BCUT2D eigenvalue weighted by atomic mass is 19.1. The maximum atomic E-state index is 13.0. The van der Waals surface area contributed by atoms with E-state index >= 15 is 0 Å². The average Bonchev–Trinajstić information content (AvgIpc) is 2.65. The van der Waals surface area contributed by atoms with Crippen LogP contribution in [0.4, 0.5) is 10.1 Å². The molecule has 1 N–H and O–H groups in total. The number of pyridine rings is 1. The minimum atomic E-state index is -0.516. The second kappa shape index (κ2) is 7.86. The van der Waals surface area contributed by atoms with Crippen LogP contribution in [0.3, 0.4) is 0 Å². The summed E-state index contributed by atoms with van der Waals surface area (Å²) < 4.78 is 19.7. The van der Waals surface area contributed by atoms with Crippen molar-refractivity contribution in [2.45, 2.75) is 13.5 Å². The number of carbonyl (C=O) groups excluding carboxylic acids is 1. The Labute approximate surface area is 156 Å². The average molecular weight is 366 g/mol. The van der Waals surface area contributed by atoms with Crippen molar-refractivity contribution >= 4 is 11.6 Å². The van der Waals surface area contributed by atoms with Crippen LogP contribution < -0.4 is 15.6 Å². The second-order valence-electron chi connectivity index (χ2n) is 6.14. The molecule has 0 spiro atoms. The van der Waals surface area contributed by atoms with Crippen LogP contribution >= 0.6 is 0 Å². The first-order chi connectivity index (χ1) is 13.0. The Morgan fingerprint density at radius 3 is 2.59 bits per heavy atom.